The standard InChI is InChI=1S/C10H15F3N2O3/c1-6(16)3-14-9(18)7-2-8(17)15(4-7)5-10(11,12)13/h6-7,16H,2-5H2,1H3,(H,14,18). The molecule has 0 saturated carbocycles. The van der Waals surface area contributed by atoms with E-state index in [1.165, 1.54) is 6.92 Å². The lowest BCUT2D eigenvalue weighted by Gasteiger charge is -2.18. The first kappa shape index (κ1) is 14.7. The summed E-state index contributed by atoms with van der Waals surface area (Å²) in [6.45, 7) is -0.0746. The van der Waals surface area contributed by atoms with Crippen molar-refractivity contribution >= 4 is 11.8 Å². The average Bonchev–Trinajstić information content (AvgIpc) is 2.54. The summed E-state index contributed by atoms with van der Waals surface area (Å²) in [6.07, 6.45) is -5.42. The topological polar surface area (TPSA) is 69.6 Å². The van der Waals surface area contributed by atoms with E-state index in [-0.39, 0.29) is 19.5 Å². The summed E-state index contributed by atoms with van der Waals surface area (Å²) in [5.74, 6) is -1.96. The number of hydrogen-bond acceptors (Lipinski definition) is 3. The number of alkyl halides is 3. The van der Waals surface area contributed by atoms with Crippen molar-refractivity contribution in [3.05, 3.63) is 0 Å². The average molecular weight is 268 g/mol. The summed E-state index contributed by atoms with van der Waals surface area (Å²) < 4.78 is 36.4. The van der Waals surface area contributed by atoms with Crippen molar-refractivity contribution in [3.63, 3.8) is 0 Å². The van der Waals surface area contributed by atoms with Crippen LogP contribution in [-0.2, 0) is 9.59 Å². The second-order valence-corrected chi connectivity index (χ2v) is 4.38. The van der Waals surface area contributed by atoms with E-state index in [0.717, 1.165) is 0 Å². The van der Waals surface area contributed by atoms with Crippen molar-refractivity contribution in [2.75, 3.05) is 19.6 Å². The van der Waals surface area contributed by atoms with Gasteiger partial charge < -0.3 is 15.3 Å². The first-order valence-electron chi connectivity index (χ1n) is 5.49. The molecule has 1 saturated heterocycles. The van der Waals surface area contributed by atoms with Gasteiger partial charge in [0.25, 0.3) is 0 Å². The van der Waals surface area contributed by atoms with Crippen LogP contribution in [0.2, 0.25) is 0 Å². The Morgan fingerprint density at radius 2 is 2.22 bits per heavy atom. The first-order valence-corrected chi connectivity index (χ1v) is 5.49. The third-order valence-electron chi connectivity index (χ3n) is 2.53. The van der Waals surface area contributed by atoms with Crippen molar-refractivity contribution in [1.82, 2.24) is 10.2 Å². The minimum Gasteiger partial charge on any atom is -0.392 e. The third-order valence-corrected chi connectivity index (χ3v) is 2.53. The van der Waals surface area contributed by atoms with Crippen molar-refractivity contribution in [3.8, 4) is 0 Å². The number of aliphatic hydroxyl groups is 1. The molecule has 18 heavy (non-hydrogen) atoms. The van der Waals surface area contributed by atoms with Crippen LogP contribution in [0.4, 0.5) is 13.2 Å². The molecule has 0 aromatic rings. The molecule has 8 heteroatoms. The van der Waals surface area contributed by atoms with E-state index >= 15 is 0 Å². The Morgan fingerprint density at radius 1 is 1.61 bits per heavy atom. The van der Waals surface area contributed by atoms with Gasteiger partial charge in [-0.15, -0.1) is 0 Å². The number of hydrogen-bond donors (Lipinski definition) is 2. The molecule has 1 aliphatic heterocycles. The predicted molar refractivity (Wildman–Crippen MR) is 55.4 cm³/mol. The Balaban J connectivity index is 2.48. The predicted octanol–water partition coefficient (Wildman–Crippen LogP) is -0.106. The number of aliphatic hydroxyl groups excluding tert-OH is 1. The number of carbonyl (C=O) groups is 2. The van der Waals surface area contributed by atoms with Crippen LogP contribution in [-0.4, -0.2) is 53.7 Å². The van der Waals surface area contributed by atoms with Crippen molar-refractivity contribution in [1.29, 1.82) is 0 Å². The van der Waals surface area contributed by atoms with Gasteiger partial charge in [0.1, 0.15) is 6.54 Å². The number of amides is 2. The van der Waals surface area contributed by atoms with E-state index in [2.05, 4.69) is 5.32 Å². The molecular weight excluding hydrogens is 253 g/mol. The lowest BCUT2D eigenvalue weighted by molar-refractivity contribution is -0.157. The largest absolute Gasteiger partial charge is 0.406 e. The molecule has 1 aliphatic rings. The van der Waals surface area contributed by atoms with Crippen molar-refractivity contribution in [2.24, 2.45) is 5.92 Å². The second kappa shape index (κ2) is 5.55. The van der Waals surface area contributed by atoms with Gasteiger partial charge in [0.2, 0.25) is 11.8 Å². The van der Waals surface area contributed by atoms with Gasteiger partial charge in [0.05, 0.1) is 12.0 Å². The summed E-state index contributed by atoms with van der Waals surface area (Å²) in [5.41, 5.74) is 0. The van der Waals surface area contributed by atoms with Crippen LogP contribution < -0.4 is 5.32 Å². The van der Waals surface area contributed by atoms with E-state index in [4.69, 9.17) is 5.11 Å². The van der Waals surface area contributed by atoms with Crippen LogP contribution in [0.5, 0.6) is 0 Å². The summed E-state index contributed by atoms with van der Waals surface area (Å²) >= 11 is 0. The molecule has 2 N–H and O–H groups in total. The summed E-state index contributed by atoms with van der Waals surface area (Å²) in [6, 6.07) is 0. The zero-order valence-corrected chi connectivity index (χ0v) is 9.83. The minimum absolute atomic E-state index is 0.0167. The molecular formula is C10H15F3N2O3. The van der Waals surface area contributed by atoms with Crippen molar-refractivity contribution in [2.45, 2.75) is 25.6 Å². The highest BCUT2D eigenvalue weighted by molar-refractivity contribution is 5.89. The lowest BCUT2D eigenvalue weighted by atomic mass is 10.1. The molecule has 2 unspecified atom stereocenters. The Labute approximate surface area is 102 Å². The molecule has 0 aromatic heterocycles. The van der Waals surface area contributed by atoms with Crippen LogP contribution in [0.15, 0.2) is 0 Å². The molecule has 1 fully saturated rings. The number of likely N-dealkylation sites (tertiary alicyclic amines) is 1. The van der Waals surface area contributed by atoms with Gasteiger partial charge in [-0.05, 0) is 6.92 Å². The van der Waals surface area contributed by atoms with Crippen LogP contribution in [0, 0.1) is 5.92 Å². The molecule has 104 valence electrons. The molecule has 2 atom stereocenters. The molecule has 1 rings (SSSR count). The number of halogens is 3. The molecule has 0 aliphatic carbocycles. The van der Waals surface area contributed by atoms with E-state index in [1.54, 1.807) is 0 Å². The van der Waals surface area contributed by atoms with Gasteiger partial charge in [0, 0.05) is 19.5 Å². The zero-order valence-electron chi connectivity index (χ0n) is 9.83. The molecule has 0 spiro atoms. The van der Waals surface area contributed by atoms with Crippen LogP contribution >= 0.6 is 0 Å². The van der Waals surface area contributed by atoms with Gasteiger partial charge in [-0.3, -0.25) is 9.59 Å². The Bertz CT molecular complexity index is 331. The van der Waals surface area contributed by atoms with E-state index < -0.39 is 36.6 Å². The molecule has 5 nitrogen and oxygen atoms in total. The minimum atomic E-state index is -4.46. The fraction of sp³-hybridized carbons (Fsp3) is 0.800. The first-order chi connectivity index (χ1) is 8.19. The number of nitrogens with one attached hydrogen (secondary N) is 1. The van der Waals surface area contributed by atoms with E-state index in [1.807, 2.05) is 0 Å². The number of nitrogens with zero attached hydrogens (tertiary/aromatic N) is 1. The second-order valence-electron chi connectivity index (χ2n) is 4.38. The highest BCUT2D eigenvalue weighted by Gasteiger charge is 2.40. The maximum atomic E-state index is 12.1. The summed E-state index contributed by atoms with van der Waals surface area (Å²) in [5, 5.41) is 11.3. The monoisotopic (exact) mass is 268 g/mol. The van der Waals surface area contributed by atoms with Gasteiger partial charge in [0.15, 0.2) is 0 Å². The van der Waals surface area contributed by atoms with Gasteiger partial charge >= 0.3 is 6.18 Å². The highest BCUT2D eigenvalue weighted by atomic mass is 19.4. The highest BCUT2D eigenvalue weighted by Crippen LogP contribution is 2.23. The van der Waals surface area contributed by atoms with Crippen LogP contribution in [0.1, 0.15) is 13.3 Å². The van der Waals surface area contributed by atoms with Crippen LogP contribution in [0.3, 0.4) is 0 Å². The number of carbonyl (C=O) groups excluding carboxylic acids is 2. The summed E-state index contributed by atoms with van der Waals surface area (Å²) in [4.78, 5) is 23.5. The molecule has 2 amide bonds. The zero-order chi connectivity index (χ0) is 13.9. The van der Waals surface area contributed by atoms with Gasteiger partial charge in [-0.1, -0.05) is 0 Å². The Kier molecular flexibility index (Phi) is 4.55. The maximum absolute atomic E-state index is 12.1. The SMILES string of the molecule is CC(O)CNC(=O)C1CC(=O)N(CC(F)(F)F)C1. The number of rotatable bonds is 4. The quantitative estimate of drug-likeness (QED) is 0.747. The maximum Gasteiger partial charge on any atom is 0.406 e. The van der Waals surface area contributed by atoms with Gasteiger partial charge in [-0.2, -0.15) is 13.2 Å². The smallest absolute Gasteiger partial charge is 0.392 e. The lowest BCUT2D eigenvalue weighted by Crippen LogP contribution is -2.38. The van der Waals surface area contributed by atoms with Gasteiger partial charge in [-0.25, -0.2) is 0 Å². The fourth-order valence-corrected chi connectivity index (χ4v) is 1.71. The Morgan fingerprint density at radius 3 is 2.72 bits per heavy atom. The van der Waals surface area contributed by atoms with E-state index in [0.29, 0.717) is 4.90 Å². The van der Waals surface area contributed by atoms with Crippen LogP contribution in [0.25, 0.3) is 0 Å². The molecule has 1 heterocycles. The third kappa shape index (κ3) is 4.52. The van der Waals surface area contributed by atoms with E-state index in [9.17, 15) is 22.8 Å². The summed E-state index contributed by atoms with van der Waals surface area (Å²) in [7, 11) is 0. The fourth-order valence-electron chi connectivity index (χ4n) is 1.71. The molecule has 0 bridgehead atoms. The Hall–Kier alpha value is -1.31. The molecule has 0 aromatic carbocycles. The van der Waals surface area contributed by atoms with Crippen molar-refractivity contribution < 1.29 is 27.9 Å². The molecule has 0 radical (unpaired) electrons. The normalized spacial score (nSPS) is 22.2.